The van der Waals surface area contributed by atoms with Crippen LogP contribution in [0.25, 0.3) is 10.9 Å². The van der Waals surface area contributed by atoms with Crippen LogP contribution in [-0.4, -0.2) is 13.4 Å². The minimum Gasteiger partial charge on any atom is -0.256 e. The molecule has 3 aromatic rings. The maximum atomic E-state index is 13.2. The van der Waals surface area contributed by atoms with E-state index in [0.717, 1.165) is 18.4 Å². The summed E-state index contributed by atoms with van der Waals surface area (Å²) >= 11 is 0. The van der Waals surface area contributed by atoms with Gasteiger partial charge in [0.15, 0.2) is 0 Å². The van der Waals surface area contributed by atoms with E-state index in [1.54, 1.807) is 48.7 Å². The summed E-state index contributed by atoms with van der Waals surface area (Å²) in [6.45, 7) is 0. The fourth-order valence-corrected chi connectivity index (χ4v) is 4.59. The molecule has 25 heavy (non-hydrogen) atoms. The minimum absolute atomic E-state index is 0.214. The largest absolute Gasteiger partial charge is 0.256 e. The summed E-state index contributed by atoms with van der Waals surface area (Å²) in [6.07, 6.45) is 3.56. The third-order valence-corrected chi connectivity index (χ3v) is 6.00. The van der Waals surface area contributed by atoms with Crippen LogP contribution in [0.4, 0.5) is 4.39 Å². The van der Waals surface area contributed by atoms with Crippen molar-refractivity contribution < 1.29 is 12.8 Å². The monoisotopic (exact) mass is 356 g/mol. The molecule has 1 heterocycles. The smallest absolute Gasteiger partial charge is 0.241 e. The molecule has 1 aliphatic carbocycles. The Morgan fingerprint density at radius 3 is 2.52 bits per heavy atom. The number of nitrogens with zero attached hydrogens (tertiary/aromatic N) is 1. The van der Waals surface area contributed by atoms with Crippen molar-refractivity contribution in [2.45, 2.75) is 23.8 Å². The Morgan fingerprint density at radius 1 is 1.04 bits per heavy atom. The van der Waals surface area contributed by atoms with E-state index in [1.165, 1.54) is 12.1 Å². The lowest BCUT2D eigenvalue weighted by Crippen LogP contribution is -2.30. The number of halogens is 1. The third kappa shape index (κ3) is 3.27. The highest BCUT2D eigenvalue weighted by Gasteiger charge is 2.35. The SMILES string of the molecule is O=S(=O)(NC(c1ccc(F)cc1)C1CC1)c1cccc2ncccc12. The van der Waals surface area contributed by atoms with Crippen LogP contribution in [0, 0.1) is 11.7 Å². The van der Waals surface area contributed by atoms with Crippen molar-refractivity contribution in [1.29, 1.82) is 0 Å². The number of benzene rings is 2. The Balaban J connectivity index is 1.73. The van der Waals surface area contributed by atoms with Crippen molar-refractivity contribution in [3.8, 4) is 0 Å². The lowest BCUT2D eigenvalue weighted by molar-refractivity contribution is 0.528. The number of aromatic nitrogens is 1. The molecule has 6 heteroatoms. The van der Waals surface area contributed by atoms with Gasteiger partial charge in [0.2, 0.25) is 10.0 Å². The summed E-state index contributed by atoms with van der Waals surface area (Å²) in [5, 5.41) is 0.589. The van der Waals surface area contributed by atoms with E-state index < -0.39 is 10.0 Å². The molecule has 0 bridgehead atoms. The molecule has 128 valence electrons. The molecule has 0 spiro atoms. The average molecular weight is 356 g/mol. The Kier molecular flexibility index (Phi) is 4.01. The van der Waals surface area contributed by atoms with E-state index in [4.69, 9.17) is 0 Å². The van der Waals surface area contributed by atoms with Gasteiger partial charge in [-0.15, -0.1) is 0 Å². The van der Waals surface area contributed by atoms with Crippen molar-refractivity contribution in [3.63, 3.8) is 0 Å². The quantitative estimate of drug-likeness (QED) is 0.756. The van der Waals surface area contributed by atoms with Crippen LogP contribution in [0.2, 0.25) is 0 Å². The fourth-order valence-electron chi connectivity index (χ4n) is 3.08. The summed E-state index contributed by atoms with van der Waals surface area (Å²) in [6, 6.07) is 14.2. The first kappa shape index (κ1) is 16.2. The van der Waals surface area contributed by atoms with E-state index in [2.05, 4.69) is 9.71 Å². The van der Waals surface area contributed by atoms with E-state index in [9.17, 15) is 12.8 Å². The molecule has 0 saturated heterocycles. The zero-order chi connectivity index (χ0) is 17.4. The van der Waals surface area contributed by atoms with Gasteiger partial charge in [0.1, 0.15) is 5.82 Å². The number of rotatable bonds is 5. The van der Waals surface area contributed by atoms with Crippen LogP contribution in [-0.2, 0) is 10.0 Å². The number of nitrogens with one attached hydrogen (secondary N) is 1. The maximum Gasteiger partial charge on any atom is 0.241 e. The van der Waals surface area contributed by atoms with Crippen LogP contribution in [0.1, 0.15) is 24.4 Å². The Hall–Kier alpha value is -2.31. The molecule has 4 rings (SSSR count). The van der Waals surface area contributed by atoms with Gasteiger partial charge in [-0.1, -0.05) is 18.2 Å². The summed E-state index contributed by atoms with van der Waals surface area (Å²) in [5.74, 6) is -0.0883. The molecule has 0 amide bonds. The zero-order valence-corrected chi connectivity index (χ0v) is 14.2. The van der Waals surface area contributed by atoms with Gasteiger partial charge in [-0.25, -0.2) is 17.5 Å². The minimum atomic E-state index is -3.73. The standard InChI is InChI=1S/C19H17FN2O2S/c20-15-10-8-14(9-11-15)19(13-6-7-13)22-25(23,24)18-5-1-4-17-16(18)3-2-12-21-17/h1-5,8-13,19,22H,6-7H2. The molecule has 1 fully saturated rings. The van der Waals surface area contributed by atoms with Gasteiger partial charge >= 0.3 is 0 Å². The number of sulfonamides is 1. The number of hydrogen-bond acceptors (Lipinski definition) is 3. The van der Waals surface area contributed by atoms with Crippen LogP contribution >= 0.6 is 0 Å². The first-order chi connectivity index (χ1) is 12.0. The molecule has 1 N–H and O–H groups in total. The molecule has 1 unspecified atom stereocenters. The van der Waals surface area contributed by atoms with Gasteiger partial charge in [0, 0.05) is 17.6 Å². The van der Waals surface area contributed by atoms with Crippen LogP contribution in [0.15, 0.2) is 65.7 Å². The van der Waals surface area contributed by atoms with Gasteiger partial charge in [-0.3, -0.25) is 4.98 Å². The second-order valence-electron chi connectivity index (χ2n) is 6.31. The van der Waals surface area contributed by atoms with Gasteiger partial charge in [0.25, 0.3) is 0 Å². The Morgan fingerprint density at radius 2 is 1.80 bits per heavy atom. The van der Waals surface area contributed by atoms with Crippen LogP contribution in [0.3, 0.4) is 0 Å². The van der Waals surface area contributed by atoms with Gasteiger partial charge in [0.05, 0.1) is 10.4 Å². The van der Waals surface area contributed by atoms with Crippen LogP contribution in [0.5, 0.6) is 0 Å². The van der Waals surface area contributed by atoms with Crippen molar-refractivity contribution in [2.75, 3.05) is 0 Å². The number of pyridine rings is 1. The summed E-state index contributed by atoms with van der Waals surface area (Å²) in [4.78, 5) is 4.43. The average Bonchev–Trinajstić information content (AvgIpc) is 3.45. The molecule has 1 aliphatic rings. The summed E-state index contributed by atoms with van der Waals surface area (Å²) in [7, 11) is -3.73. The van der Waals surface area contributed by atoms with E-state index in [-0.39, 0.29) is 22.7 Å². The fraction of sp³-hybridized carbons (Fsp3) is 0.211. The highest BCUT2D eigenvalue weighted by atomic mass is 32.2. The van der Waals surface area contributed by atoms with E-state index in [0.29, 0.717) is 10.9 Å². The number of hydrogen-bond donors (Lipinski definition) is 1. The molecule has 0 aliphatic heterocycles. The topological polar surface area (TPSA) is 59.1 Å². The second-order valence-corrected chi connectivity index (χ2v) is 8.00. The van der Waals surface area contributed by atoms with E-state index >= 15 is 0 Å². The lowest BCUT2D eigenvalue weighted by Gasteiger charge is -2.19. The first-order valence-corrected chi connectivity index (χ1v) is 9.64. The lowest BCUT2D eigenvalue weighted by atomic mass is 10.0. The van der Waals surface area contributed by atoms with Crippen molar-refractivity contribution >= 4 is 20.9 Å². The predicted molar refractivity (Wildman–Crippen MR) is 93.9 cm³/mol. The van der Waals surface area contributed by atoms with Crippen LogP contribution < -0.4 is 4.72 Å². The second kappa shape index (κ2) is 6.20. The zero-order valence-electron chi connectivity index (χ0n) is 13.4. The molecule has 1 atom stereocenters. The predicted octanol–water partition coefficient (Wildman–Crippen LogP) is 3.80. The highest BCUT2D eigenvalue weighted by Crippen LogP contribution is 2.42. The van der Waals surface area contributed by atoms with Gasteiger partial charge in [-0.2, -0.15) is 0 Å². The molecular weight excluding hydrogens is 339 g/mol. The molecule has 2 aromatic carbocycles. The molecule has 1 saturated carbocycles. The molecule has 4 nitrogen and oxygen atoms in total. The third-order valence-electron chi connectivity index (χ3n) is 4.50. The molecule has 1 aromatic heterocycles. The van der Waals surface area contributed by atoms with Crippen molar-refractivity contribution in [3.05, 3.63) is 72.2 Å². The molecular formula is C19H17FN2O2S. The highest BCUT2D eigenvalue weighted by molar-refractivity contribution is 7.89. The van der Waals surface area contributed by atoms with Gasteiger partial charge < -0.3 is 0 Å². The first-order valence-electron chi connectivity index (χ1n) is 8.16. The number of fused-ring (bicyclic) bond motifs is 1. The van der Waals surface area contributed by atoms with Crippen molar-refractivity contribution in [1.82, 2.24) is 9.71 Å². The summed E-state index contributed by atoms with van der Waals surface area (Å²) in [5.41, 5.74) is 1.42. The summed E-state index contributed by atoms with van der Waals surface area (Å²) < 4.78 is 42.1. The van der Waals surface area contributed by atoms with Crippen molar-refractivity contribution in [2.24, 2.45) is 5.92 Å². The maximum absolute atomic E-state index is 13.2. The van der Waals surface area contributed by atoms with Gasteiger partial charge in [-0.05, 0) is 60.7 Å². The van der Waals surface area contributed by atoms with E-state index in [1.807, 2.05) is 0 Å². The Bertz CT molecular complexity index is 1010. The molecule has 0 radical (unpaired) electrons. The normalized spacial score (nSPS) is 16.0. The Labute approximate surface area is 145 Å².